The summed E-state index contributed by atoms with van der Waals surface area (Å²) >= 11 is 1.90. The number of aryl methyl sites for hydroxylation is 1. The first-order valence-corrected chi connectivity index (χ1v) is 8.58. The van der Waals surface area contributed by atoms with Gasteiger partial charge in [-0.15, -0.1) is 11.8 Å². The quantitative estimate of drug-likeness (QED) is 0.533. The van der Waals surface area contributed by atoms with E-state index < -0.39 is 0 Å². The summed E-state index contributed by atoms with van der Waals surface area (Å²) in [6.07, 6.45) is 3.11. The Balaban J connectivity index is 2.38. The highest BCUT2D eigenvalue weighted by atomic mass is 32.2. The van der Waals surface area contributed by atoms with Crippen molar-refractivity contribution in [3.63, 3.8) is 0 Å². The molecule has 0 aliphatic carbocycles. The summed E-state index contributed by atoms with van der Waals surface area (Å²) in [6.45, 7) is 8.76. The van der Waals surface area contributed by atoms with E-state index >= 15 is 0 Å². The van der Waals surface area contributed by atoms with Crippen molar-refractivity contribution in [3.8, 4) is 0 Å². The van der Waals surface area contributed by atoms with Crippen molar-refractivity contribution in [2.45, 2.75) is 63.4 Å². The number of benzene rings is 1. The van der Waals surface area contributed by atoms with Crippen molar-refractivity contribution >= 4 is 11.8 Å². The van der Waals surface area contributed by atoms with Crippen LogP contribution in [0.3, 0.4) is 0 Å². The van der Waals surface area contributed by atoms with Gasteiger partial charge < -0.3 is 10.4 Å². The molecular weight excluding hydrogens is 266 g/mol. The van der Waals surface area contributed by atoms with E-state index in [1.54, 1.807) is 0 Å². The Morgan fingerprint density at radius 2 is 1.90 bits per heavy atom. The molecule has 3 heteroatoms. The predicted octanol–water partition coefficient (Wildman–Crippen LogP) is 4.01. The first kappa shape index (κ1) is 17.5. The summed E-state index contributed by atoms with van der Waals surface area (Å²) < 4.78 is 0. The van der Waals surface area contributed by atoms with Gasteiger partial charge in [0.2, 0.25) is 0 Å². The molecular formula is C17H29NOS. The fraction of sp³-hybridized carbons (Fsp3) is 0.647. The molecule has 0 amide bonds. The smallest absolute Gasteiger partial charge is 0.0613 e. The summed E-state index contributed by atoms with van der Waals surface area (Å²) in [6, 6.07) is 9.10. The van der Waals surface area contributed by atoms with E-state index in [-0.39, 0.29) is 12.1 Å². The molecule has 0 heterocycles. The number of thioether (sulfide) groups is 1. The predicted molar refractivity (Wildman–Crippen MR) is 89.5 cm³/mol. The van der Waals surface area contributed by atoms with E-state index in [0.717, 1.165) is 25.0 Å². The molecule has 0 aliphatic rings. The van der Waals surface area contributed by atoms with Crippen LogP contribution in [-0.4, -0.2) is 29.0 Å². The number of nitrogens with one attached hydrogen (secondary N) is 1. The van der Waals surface area contributed by atoms with Gasteiger partial charge >= 0.3 is 0 Å². The molecule has 1 atom stereocenters. The average Bonchev–Trinajstić information content (AvgIpc) is 2.44. The fourth-order valence-corrected chi connectivity index (χ4v) is 3.29. The van der Waals surface area contributed by atoms with Crippen LogP contribution in [0.4, 0.5) is 0 Å². The molecule has 0 aromatic heterocycles. The lowest BCUT2D eigenvalue weighted by Gasteiger charge is -2.34. The molecule has 0 spiro atoms. The van der Waals surface area contributed by atoms with Gasteiger partial charge in [0.05, 0.1) is 6.61 Å². The second-order valence-electron chi connectivity index (χ2n) is 5.86. The van der Waals surface area contributed by atoms with Crippen LogP contribution in [0.25, 0.3) is 0 Å². The largest absolute Gasteiger partial charge is 0.394 e. The standard InChI is InChI=1S/C17H29NOS/c1-5-17(13-19,18-14(2)3)11-6-12-20-16-9-7-15(4)8-10-16/h7-10,14,18-19H,5-6,11-13H2,1-4H3. The van der Waals surface area contributed by atoms with E-state index in [9.17, 15) is 5.11 Å². The maximum atomic E-state index is 9.70. The zero-order valence-corrected chi connectivity index (χ0v) is 14.1. The molecule has 114 valence electrons. The Labute approximate surface area is 128 Å². The van der Waals surface area contributed by atoms with Crippen molar-refractivity contribution in [2.75, 3.05) is 12.4 Å². The maximum absolute atomic E-state index is 9.70. The molecule has 1 aromatic rings. The molecule has 20 heavy (non-hydrogen) atoms. The lowest BCUT2D eigenvalue weighted by Crippen LogP contribution is -2.51. The molecule has 1 rings (SSSR count). The Kier molecular flexibility index (Phi) is 7.63. The zero-order valence-electron chi connectivity index (χ0n) is 13.3. The second kappa shape index (κ2) is 8.71. The first-order valence-electron chi connectivity index (χ1n) is 7.59. The number of hydrogen-bond donors (Lipinski definition) is 2. The average molecular weight is 295 g/mol. The molecule has 0 aliphatic heterocycles. The lowest BCUT2D eigenvalue weighted by atomic mass is 9.91. The Hall–Kier alpha value is -0.510. The van der Waals surface area contributed by atoms with Gasteiger partial charge in [-0.2, -0.15) is 0 Å². The van der Waals surface area contributed by atoms with Crippen molar-refractivity contribution in [2.24, 2.45) is 0 Å². The van der Waals surface area contributed by atoms with E-state index in [2.05, 4.69) is 57.3 Å². The van der Waals surface area contributed by atoms with Crippen molar-refractivity contribution in [1.82, 2.24) is 5.32 Å². The number of aliphatic hydroxyl groups excluding tert-OH is 1. The zero-order chi connectivity index (χ0) is 15.0. The van der Waals surface area contributed by atoms with Gasteiger partial charge in [0.1, 0.15) is 0 Å². The number of hydrogen-bond acceptors (Lipinski definition) is 3. The Morgan fingerprint density at radius 1 is 1.25 bits per heavy atom. The molecule has 0 saturated heterocycles. The minimum Gasteiger partial charge on any atom is -0.394 e. The minimum atomic E-state index is -0.109. The van der Waals surface area contributed by atoms with Gasteiger partial charge in [0.15, 0.2) is 0 Å². The summed E-state index contributed by atoms with van der Waals surface area (Å²) in [5.41, 5.74) is 1.20. The highest BCUT2D eigenvalue weighted by molar-refractivity contribution is 7.99. The summed E-state index contributed by atoms with van der Waals surface area (Å²) in [4.78, 5) is 1.33. The van der Waals surface area contributed by atoms with E-state index in [4.69, 9.17) is 0 Å². The third kappa shape index (κ3) is 5.86. The van der Waals surface area contributed by atoms with Crippen molar-refractivity contribution in [1.29, 1.82) is 0 Å². The van der Waals surface area contributed by atoms with Crippen LogP contribution in [0.5, 0.6) is 0 Å². The lowest BCUT2D eigenvalue weighted by molar-refractivity contribution is 0.137. The van der Waals surface area contributed by atoms with Crippen molar-refractivity contribution in [3.05, 3.63) is 29.8 Å². The fourth-order valence-electron chi connectivity index (χ4n) is 2.43. The highest BCUT2D eigenvalue weighted by Gasteiger charge is 2.26. The van der Waals surface area contributed by atoms with Crippen LogP contribution >= 0.6 is 11.8 Å². The summed E-state index contributed by atoms with van der Waals surface area (Å²) in [5.74, 6) is 1.10. The van der Waals surface area contributed by atoms with Crippen LogP contribution in [0.15, 0.2) is 29.2 Å². The van der Waals surface area contributed by atoms with Gasteiger partial charge in [0, 0.05) is 16.5 Å². The van der Waals surface area contributed by atoms with Gasteiger partial charge in [-0.25, -0.2) is 0 Å². The Morgan fingerprint density at radius 3 is 2.40 bits per heavy atom. The van der Waals surface area contributed by atoms with Crippen LogP contribution in [0.1, 0.15) is 45.6 Å². The van der Waals surface area contributed by atoms with E-state index in [1.165, 1.54) is 10.5 Å². The highest BCUT2D eigenvalue weighted by Crippen LogP contribution is 2.23. The van der Waals surface area contributed by atoms with E-state index in [1.807, 2.05) is 11.8 Å². The van der Waals surface area contributed by atoms with E-state index in [0.29, 0.717) is 6.04 Å². The van der Waals surface area contributed by atoms with Gasteiger partial charge in [0.25, 0.3) is 0 Å². The molecule has 0 saturated carbocycles. The number of rotatable bonds is 9. The molecule has 1 unspecified atom stereocenters. The molecule has 2 N–H and O–H groups in total. The molecule has 2 nitrogen and oxygen atoms in total. The van der Waals surface area contributed by atoms with Gasteiger partial charge in [-0.3, -0.25) is 0 Å². The molecule has 1 aromatic carbocycles. The van der Waals surface area contributed by atoms with Gasteiger partial charge in [-0.1, -0.05) is 38.5 Å². The first-order chi connectivity index (χ1) is 9.51. The van der Waals surface area contributed by atoms with Crippen LogP contribution in [0, 0.1) is 6.92 Å². The molecule has 0 bridgehead atoms. The molecule has 0 radical (unpaired) electrons. The minimum absolute atomic E-state index is 0.109. The third-order valence-corrected chi connectivity index (χ3v) is 4.76. The summed E-state index contributed by atoms with van der Waals surface area (Å²) in [5, 5.41) is 13.2. The normalized spacial score (nSPS) is 14.5. The van der Waals surface area contributed by atoms with Crippen LogP contribution in [-0.2, 0) is 0 Å². The van der Waals surface area contributed by atoms with Crippen molar-refractivity contribution < 1.29 is 5.11 Å². The second-order valence-corrected chi connectivity index (χ2v) is 7.02. The maximum Gasteiger partial charge on any atom is 0.0613 e. The Bertz CT molecular complexity index is 371. The molecule has 0 fully saturated rings. The monoisotopic (exact) mass is 295 g/mol. The SMILES string of the molecule is CCC(CO)(CCCSc1ccc(C)cc1)NC(C)C. The van der Waals surface area contributed by atoms with Crippen LogP contribution < -0.4 is 5.32 Å². The third-order valence-electron chi connectivity index (χ3n) is 3.66. The number of aliphatic hydroxyl groups is 1. The topological polar surface area (TPSA) is 32.3 Å². The van der Waals surface area contributed by atoms with Crippen LogP contribution in [0.2, 0.25) is 0 Å². The summed E-state index contributed by atoms with van der Waals surface area (Å²) in [7, 11) is 0. The van der Waals surface area contributed by atoms with Gasteiger partial charge in [-0.05, 0) is 44.1 Å².